The summed E-state index contributed by atoms with van der Waals surface area (Å²) in [5, 5.41) is 5.67. The SMILES string of the molecule is O=C(NC(C(=O)c1ccccc1)N(Cc1ccco1)C(NC(=O)c1ccccc1)C(=O)c1ccccc1)c1ccccc1. The number of hydrogen-bond donors (Lipinski definition) is 2. The van der Waals surface area contributed by atoms with E-state index in [2.05, 4.69) is 10.6 Å². The third kappa shape index (κ3) is 7.19. The molecule has 2 unspecified atom stereocenters. The number of nitrogens with zero attached hydrogens (tertiary/aromatic N) is 1. The molecular formula is C35H29N3O5. The number of benzene rings is 4. The largest absolute Gasteiger partial charge is 0.468 e. The third-order valence-corrected chi connectivity index (χ3v) is 6.80. The molecule has 0 radical (unpaired) electrons. The van der Waals surface area contributed by atoms with Gasteiger partial charge in [-0.1, -0.05) is 97.1 Å². The molecule has 5 aromatic rings. The number of carbonyl (C=O) groups is 4. The van der Waals surface area contributed by atoms with Gasteiger partial charge in [0.1, 0.15) is 18.1 Å². The molecule has 0 saturated carbocycles. The highest BCUT2D eigenvalue weighted by molar-refractivity contribution is 6.07. The van der Waals surface area contributed by atoms with E-state index in [4.69, 9.17) is 4.42 Å². The highest BCUT2D eigenvalue weighted by atomic mass is 16.3. The maximum atomic E-state index is 14.2. The van der Waals surface area contributed by atoms with Gasteiger partial charge in [-0.25, -0.2) is 4.90 Å². The van der Waals surface area contributed by atoms with Crippen molar-refractivity contribution in [3.8, 4) is 0 Å². The van der Waals surface area contributed by atoms with Crippen LogP contribution >= 0.6 is 0 Å². The first-order chi connectivity index (χ1) is 21.0. The number of nitrogens with one attached hydrogen (secondary N) is 2. The predicted molar refractivity (Wildman–Crippen MR) is 161 cm³/mol. The van der Waals surface area contributed by atoms with Gasteiger partial charge in [-0.05, 0) is 36.4 Å². The van der Waals surface area contributed by atoms with Gasteiger partial charge in [-0.2, -0.15) is 0 Å². The smallest absolute Gasteiger partial charge is 0.252 e. The van der Waals surface area contributed by atoms with Gasteiger partial charge in [-0.15, -0.1) is 0 Å². The second-order valence-electron chi connectivity index (χ2n) is 9.70. The van der Waals surface area contributed by atoms with Crippen molar-refractivity contribution in [1.29, 1.82) is 0 Å². The Morgan fingerprint density at radius 3 is 1.23 bits per heavy atom. The molecule has 43 heavy (non-hydrogen) atoms. The van der Waals surface area contributed by atoms with E-state index in [0.29, 0.717) is 28.0 Å². The minimum absolute atomic E-state index is 0.0936. The Hall–Kier alpha value is -5.60. The van der Waals surface area contributed by atoms with Gasteiger partial charge < -0.3 is 15.1 Å². The summed E-state index contributed by atoms with van der Waals surface area (Å²) in [6.07, 6.45) is -1.29. The van der Waals surface area contributed by atoms with Gasteiger partial charge in [0, 0.05) is 22.3 Å². The van der Waals surface area contributed by atoms with Crippen LogP contribution in [0.1, 0.15) is 47.2 Å². The molecular weight excluding hydrogens is 542 g/mol. The lowest BCUT2D eigenvalue weighted by Gasteiger charge is -2.36. The van der Waals surface area contributed by atoms with Crippen LogP contribution in [0.15, 0.2) is 144 Å². The summed E-state index contributed by atoms with van der Waals surface area (Å²) in [5.74, 6) is -1.59. The number of carbonyl (C=O) groups excluding carboxylic acids is 4. The third-order valence-electron chi connectivity index (χ3n) is 6.80. The van der Waals surface area contributed by atoms with E-state index in [1.165, 1.54) is 11.2 Å². The van der Waals surface area contributed by atoms with Crippen LogP contribution in [0.3, 0.4) is 0 Å². The number of amides is 2. The quantitative estimate of drug-likeness (QED) is 0.154. The van der Waals surface area contributed by atoms with Gasteiger partial charge in [0.25, 0.3) is 11.8 Å². The van der Waals surface area contributed by atoms with Crippen LogP contribution in [-0.4, -0.2) is 40.6 Å². The molecule has 4 aromatic carbocycles. The molecule has 2 N–H and O–H groups in total. The Morgan fingerprint density at radius 1 is 0.512 bits per heavy atom. The second kappa shape index (κ2) is 13.8. The zero-order valence-corrected chi connectivity index (χ0v) is 23.1. The molecule has 0 spiro atoms. The van der Waals surface area contributed by atoms with Crippen LogP contribution in [-0.2, 0) is 6.54 Å². The van der Waals surface area contributed by atoms with Crippen LogP contribution in [0.2, 0.25) is 0 Å². The number of hydrogen-bond acceptors (Lipinski definition) is 6. The van der Waals surface area contributed by atoms with Crippen molar-refractivity contribution < 1.29 is 23.6 Å². The molecule has 0 aliphatic carbocycles. The summed E-state index contributed by atoms with van der Waals surface area (Å²) in [6.45, 7) is -0.0936. The topological polar surface area (TPSA) is 109 Å². The van der Waals surface area contributed by atoms with Gasteiger partial charge in [-0.3, -0.25) is 19.2 Å². The maximum Gasteiger partial charge on any atom is 0.252 e. The van der Waals surface area contributed by atoms with E-state index in [9.17, 15) is 19.2 Å². The van der Waals surface area contributed by atoms with E-state index < -0.39 is 35.7 Å². The van der Waals surface area contributed by atoms with Crippen LogP contribution in [0.4, 0.5) is 0 Å². The van der Waals surface area contributed by atoms with Crippen LogP contribution in [0, 0.1) is 0 Å². The molecule has 1 heterocycles. The van der Waals surface area contributed by atoms with Crippen molar-refractivity contribution in [2.45, 2.75) is 18.9 Å². The van der Waals surface area contributed by atoms with E-state index in [1.807, 2.05) is 0 Å². The van der Waals surface area contributed by atoms with Gasteiger partial charge >= 0.3 is 0 Å². The highest BCUT2D eigenvalue weighted by Gasteiger charge is 2.39. The summed E-state index contributed by atoms with van der Waals surface area (Å²) >= 11 is 0. The average Bonchev–Trinajstić information content (AvgIpc) is 3.59. The average molecular weight is 572 g/mol. The van der Waals surface area contributed by atoms with Gasteiger partial charge in [0.15, 0.2) is 11.6 Å². The summed E-state index contributed by atoms with van der Waals surface area (Å²) < 4.78 is 5.62. The molecule has 1 aromatic heterocycles. The Bertz CT molecular complexity index is 1550. The summed E-state index contributed by atoms with van der Waals surface area (Å²) in [7, 11) is 0. The van der Waals surface area contributed by atoms with Gasteiger partial charge in [0.05, 0.1) is 12.8 Å². The Balaban J connectivity index is 1.63. The maximum absolute atomic E-state index is 14.2. The fraction of sp³-hybridized carbons (Fsp3) is 0.0857. The molecule has 8 heteroatoms. The molecule has 0 saturated heterocycles. The van der Waals surface area contributed by atoms with Crippen molar-refractivity contribution in [2.24, 2.45) is 0 Å². The minimum Gasteiger partial charge on any atom is -0.468 e. The van der Waals surface area contributed by atoms with E-state index in [0.717, 1.165) is 0 Å². The van der Waals surface area contributed by atoms with Crippen molar-refractivity contribution in [3.63, 3.8) is 0 Å². The molecule has 5 rings (SSSR count). The Morgan fingerprint density at radius 2 is 0.884 bits per heavy atom. The lowest BCUT2D eigenvalue weighted by Crippen LogP contribution is -2.62. The summed E-state index contributed by atoms with van der Waals surface area (Å²) in [5.41, 5.74) is 1.27. The number of ketones is 2. The van der Waals surface area contributed by atoms with Gasteiger partial charge in [0.2, 0.25) is 0 Å². The number of rotatable bonds is 12. The highest BCUT2D eigenvalue weighted by Crippen LogP contribution is 2.19. The second-order valence-corrected chi connectivity index (χ2v) is 9.70. The Kier molecular flexibility index (Phi) is 9.31. The zero-order valence-electron chi connectivity index (χ0n) is 23.1. The van der Waals surface area contributed by atoms with E-state index in [-0.39, 0.29) is 6.54 Å². The monoisotopic (exact) mass is 571 g/mol. The fourth-order valence-corrected chi connectivity index (χ4v) is 4.63. The molecule has 214 valence electrons. The first-order valence-electron chi connectivity index (χ1n) is 13.7. The molecule has 2 atom stereocenters. The van der Waals surface area contributed by atoms with Crippen molar-refractivity contribution >= 4 is 23.4 Å². The van der Waals surface area contributed by atoms with Crippen LogP contribution in [0.25, 0.3) is 0 Å². The summed E-state index contributed by atoms with van der Waals surface area (Å²) in [4.78, 5) is 56.9. The van der Waals surface area contributed by atoms with Crippen LogP contribution in [0.5, 0.6) is 0 Å². The minimum atomic E-state index is -1.38. The van der Waals surface area contributed by atoms with Crippen molar-refractivity contribution in [1.82, 2.24) is 15.5 Å². The Labute approximate surface area is 249 Å². The first kappa shape index (κ1) is 28.9. The summed E-state index contributed by atoms with van der Waals surface area (Å²) in [6, 6.07) is 37.2. The molecule has 2 amide bonds. The lowest BCUT2D eigenvalue weighted by molar-refractivity contribution is 0.0411. The molecule has 8 nitrogen and oxygen atoms in total. The number of furan rings is 1. The molecule has 0 fully saturated rings. The predicted octanol–water partition coefficient (Wildman–Crippen LogP) is 5.36. The van der Waals surface area contributed by atoms with Crippen LogP contribution < -0.4 is 10.6 Å². The zero-order chi connectivity index (χ0) is 30.0. The van der Waals surface area contributed by atoms with Crippen molar-refractivity contribution in [3.05, 3.63) is 168 Å². The lowest BCUT2D eigenvalue weighted by atomic mass is 10.0. The fourth-order valence-electron chi connectivity index (χ4n) is 4.63. The standard InChI is InChI=1S/C35H29N3O5/c39-30(25-14-5-1-6-15-25)32(36-34(41)27-18-9-3-10-19-27)38(24-29-22-13-23-43-29)33(31(40)26-16-7-2-8-17-26)37-35(42)28-20-11-4-12-21-28/h1-23,32-33H,24H2,(H,36,41)(H,37,42). The van der Waals surface area contributed by atoms with E-state index >= 15 is 0 Å². The molecule has 0 aliphatic rings. The molecule has 0 bridgehead atoms. The molecule has 0 aliphatic heterocycles. The van der Waals surface area contributed by atoms with Crippen molar-refractivity contribution in [2.75, 3.05) is 0 Å². The normalized spacial score (nSPS) is 12.2. The first-order valence-corrected chi connectivity index (χ1v) is 13.7. The van der Waals surface area contributed by atoms with E-state index in [1.54, 1.807) is 133 Å². The number of Topliss-reactive ketones (excluding diaryl/α,β-unsaturated/α-hetero) is 2.